The summed E-state index contributed by atoms with van der Waals surface area (Å²) in [7, 11) is 0. The number of carbonyl (C=O) groups is 1. The van der Waals surface area contributed by atoms with E-state index in [2.05, 4.69) is 5.32 Å². The van der Waals surface area contributed by atoms with E-state index in [0.717, 1.165) is 0 Å². The van der Waals surface area contributed by atoms with E-state index < -0.39 is 11.7 Å². The zero-order chi connectivity index (χ0) is 14.7. The van der Waals surface area contributed by atoms with Gasteiger partial charge < -0.3 is 11.1 Å². The molecule has 0 saturated carbocycles. The topological polar surface area (TPSA) is 55.1 Å². The average Bonchev–Trinajstić information content (AvgIpc) is 2.40. The molecule has 0 unspecified atom stereocenters. The first-order valence-electron chi connectivity index (χ1n) is 5.63. The van der Waals surface area contributed by atoms with Gasteiger partial charge in [0.1, 0.15) is 10.8 Å². The maximum Gasteiger partial charge on any atom is 0.255 e. The van der Waals surface area contributed by atoms with Crippen LogP contribution in [0.3, 0.4) is 0 Å². The Bertz CT molecular complexity index is 691. The number of nitrogens with one attached hydrogen (secondary N) is 1. The molecule has 0 heterocycles. The van der Waals surface area contributed by atoms with Gasteiger partial charge in [-0.25, -0.2) is 4.39 Å². The molecule has 0 aliphatic carbocycles. The first-order valence-corrected chi connectivity index (χ1v) is 6.42. The second-order valence-electron chi connectivity index (χ2n) is 4.02. The predicted octanol–water partition coefficient (Wildman–Crippen LogP) is 3.37. The third kappa shape index (κ3) is 3.31. The molecule has 0 aliphatic rings. The van der Waals surface area contributed by atoms with Gasteiger partial charge in [0.2, 0.25) is 0 Å². The molecular weight excluding hydrogens is 299 g/mol. The lowest BCUT2D eigenvalue weighted by Crippen LogP contribution is -2.14. The van der Waals surface area contributed by atoms with Gasteiger partial charge in [0.15, 0.2) is 0 Å². The Morgan fingerprint density at radius 3 is 2.55 bits per heavy atom. The van der Waals surface area contributed by atoms with Crippen molar-refractivity contribution in [1.82, 2.24) is 0 Å². The van der Waals surface area contributed by atoms with Crippen LogP contribution in [0.5, 0.6) is 0 Å². The van der Waals surface area contributed by atoms with Crippen molar-refractivity contribution < 1.29 is 9.18 Å². The Hall–Kier alpha value is -1.98. The summed E-state index contributed by atoms with van der Waals surface area (Å²) in [6.45, 7) is 0. The van der Waals surface area contributed by atoms with Crippen LogP contribution in [0.15, 0.2) is 42.5 Å². The van der Waals surface area contributed by atoms with Gasteiger partial charge in [-0.15, -0.1) is 0 Å². The van der Waals surface area contributed by atoms with Crippen molar-refractivity contribution in [3.63, 3.8) is 0 Å². The lowest BCUT2D eigenvalue weighted by molar-refractivity contribution is 0.102. The van der Waals surface area contributed by atoms with Crippen LogP contribution in [0.4, 0.5) is 10.1 Å². The first-order chi connectivity index (χ1) is 9.47. The zero-order valence-corrected chi connectivity index (χ0v) is 11.8. The summed E-state index contributed by atoms with van der Waals surface area (Å²) in [6, 6.07) is 10.5. The standard InChI is InChI=1S/C14H10ClFN2OS/c15-10-3-1-2-9(6-10)14(19)18-12-5-4-8(13(17)20)7-11(12)16/h1-7H,(H2,17,20)(H,18,19). The van der Waals surface area contributed by atoms with Gasteiger partial charge in [0.05, 0.1) is 5.69 Å². The van der Waals surface area contributed by atoms with Crippen LogP contribution >= 0.6 is 23.8 Å². The van der Waals surface area contributed by atoms with Gasteiger partial charge in [-0.1, -0.05) is 29.9 Å². The van der Waals surface area contributed by atoms with E-state index in [4.69, 9.17) is 29.6 Å². The number of carbonyl (C=O) groups excluding carboxylic acids is 1. The van der Waals surface area contributed by atoms with Crippen LogP contribution in [0.25, 0.3) is 0 Å². The molecule has 2 aromatic rings. The molecule has 0 radical (unpaired) electrons. The van der Waals surface area contributed by atoms with Crippen LogP contribution in [0, 0.1) is 5.82 Å². The monoisotopic (exact) mass is 308 g/mol. The average molecular weight is 309 g/mol. The molecule has 2 rings (SSSR count). The minimum Gasteiger partial charge on any atom is -0.389 e. The minimum absolute atomic E-state index is 0.0509. The number of hydrogen-bond donors (Lipinski definition) is 2. The van der Waals surface area contributed by atoms with E-state index in [1.165, 1.54) is 18.2 Å². The second-order valence-corrected chi connectivity index (χ2v) is 4.90. The van der Waals surface area contributed by atoms with Crippen LogP contribution in [-0.2, 0) is 0 Å². The predicted molar refractivity (Wildman–Crippen MR) is 81.7 cm³/mol. The highest BCUT2D eigenvalue weighted by molar-refractivity contribution is 7.80. The fraction of sp³-hybridized carbons (Fsp3) is 0. The summed E-state index contributed by atoms with van der Waals surface area (Å²) >= 11 is 10.5. The summed E-state index contributed by atoms with van der Waals surface area (Å²) in [5.74, 6) is -1.06. The van der Waals surface area contributed by atoms with Crippen LogP contribution in [0.1, 0.15) is 15.9 Å². The second kappa shape index (κ2) is 5.98. The van der Waals surface area contributed by atoms with Gasteiger partial charge in [-0.05, 0) is 36.4 Å². The number of anilines is 1. The SMILES string of the molecule is NC(=S)c1ccc(NC(=O)c2cccc(Cl)c2)c(F)c1. The third-order valence-electron chi connectivity index (χ3n) is 2.59. The van der Waals surface area contributed by atoms with Crippen molar-refractivity contribution in [2.45, 2.75) is 0 Å². The zero-order valence-electron chi connectivity index (χ0n) is 10.2. The number of rotatable bonds is 3. The van der Waals surface area contributed by atoms with Crippen molar-refractivity contribution >= 4 is 40.4 Å². The van der Waals surface area contributed by atoms with Crippen molar-refractivity contribution in [2.75, 3.05) is 5.32 Å². The highest BCUT2D eigenvalue weighted by Crippen LogP contribution is 2.18. The molecule has 0 spiro atoms. The van der Waals surface area contributed by atoms with Gasteiger partial charge in [0, 0.05) is 16.1 Å². The fourth-order valence-electron chi connectivity index (χ4n) is 1.59. The summed E-state index contributed by atoms with van der Waals surface area (Å²) < 4.78 is 13.8. The number of hydrogen-bond acceptors (Lipinski definition) is 2. The fourth-order valence-corrected chi connectivity index (χ4v) is 1.91. The van der Waals surface area contributed by atoms with Gasteiger partial charge in [-0.3, -0.25) is 4.79 Å². The van der Waals surface area contributed by atoms with Crippen molar-refractivity contribution in [2.24, 2.45) is 5.73 Å². The molecule has 0 bridgehead atoms. The maximum atomic E-state index is 13.8. The number of halogens is 2. The molecule has 2 aromatic carbocycles. The number of benzene rings is 2. The Labute approximate surface area is 125 Å². The molecule has 1 amide bonds. The molecule has 0 atom stereocenters. The summed E-state index contributed by atoms with van der Waals surface area (Å²) in [6.07, 6.45) is 0. The summed E-state index contributed by atoms with van der Waals surface area (Å²) in [5.41, 5.74) is 6.20. The Kier molecular flexibility index (Phi) is 4.32. The Balaban J connectivity index is 2.22. The van der Waals surface area contributed by atoms with E-state index in [0.29, 0.717) is 16.1 Å². The highest BCUT2D eigenvalue weighted by atomic mass is 35.5. The molecule has 0 fully saturated rings. The van der Waals surface area contributed by atoms with E-state index in [1.54, 1.807) is 24.3 Å². The van der Waals surface area contributed by atoms with Crippen LogP contribution < -0.4 is 11.1 Å². The maximum absolute atomic E-state index is 13.8. The van der Waals surface area contributed by atoms with Gasteiger partial charge in [-0.2, -0.15) is 0 Å². The Morgan fingerprint density at radius 2 is 1.95 bits per heavy atom. The van der Waals surface area contributed by atoms with Crippen molar-refractivity contribution in [3.05, 3.63) is 64.4 Å². The molecule has 3 N–H and O–H groups in total. The molecule has 3 nitrogen and oxygen atoms in total. The minimum atomic E-state index is -0.606. The highest BCUT2D eigenvalue weighted by Gasteiger charge is 2.10. The largest absolute Gasteiger partial charge is 0.389 e. The lowest BCUT2D eigenvalue weighted by Gasteiger charge is -2.08. The van der Waals surface area contributed by atoms with E-state index in [1.807, 2.05) is 0 Å². The third-order valence-corrected chi connectivity index (χ3v) is 3.06. The quantitative estimate of drug-likeness (QED) is 0.855. The number of thiocarbonyl (C=S) groups is 1. The lowest BCUT2D eigenvalue weighted by atomic mass is 10.1. The summed E-state index contributed by atoms with van der Waals surface area (Å²) in [4.78, 5) is 12.0. The summed E-state index contributed by atoms with van der Waals surface area (Å²) in [5, 5.41) is 2.90. The number of nitrogens with two attached hydrogens (primary N) is 1. The molecule has 20 heavy (non-hydrogen) atoms. The van der Waals surface area contributed by atoms with E-state index in [9.17, 15) is 9.18 Å². The van der Waals surface area contributed by atoms with Crippen LogP contribution in [0.2, 0.25) is 5.02 Å². The van der Waals surface area contributed by atoms with Crippen molar-refractivity contribution in [1.29, 1.82) is 0 Å². The molecule has 6 heteroatoms. The molecule has 102 valence electrons. The number of amides is 1. The molecular formula is C14H10ClFN2OS. The van der Waals surface area contributed by atoms with E-state index >= 15 is 0 Å². The normalized spacial score (nSPS) is 10.1. The molecule has 0 aliphatic heterocycles. The first kappa shape index (κ1) is 14.4. The van der Waals surface area contributed by atoms with Crippen molar-refractivity contribution in [3.8, 4) is 0 Å². The van der Waals surface area contributed by atoms with Gasteiger partial charge in [0.25, 0.3) is 5.91 Å². The molecule has 0 aromatic heterocycles. The van der Waals surface area contributed by atoms with Crippen LogP contribution in [-0.4, -0.2) is 10.9 Å². The van der Waals surface area contributed by atoms with Gasteiger partial charge >= 0.3 is 0 Å². The smallest absolute Gasteiger partial charge is 0.255 e. The van der Waals surface area contributed by atoms with E-state index in [-0.39, 0.29) is 10.7 Å². The molecule has 0 saturated heterocycles. The Morgan fingerprint density at radius 1 is 1.20 bits per heavy atom.